The Kier molecular flexibility index (Phi) is 7.37. The summed E-state index contributed by atoms with van der Waals surface area (Å²) in [6.45, 7) is 0.572. The largest absolute Gasteiger partial charge is 0.452 e. The van der Waals surface area contributed by atoms with Gasteiger partial charge in [-0.05, 0) is 35.4 Å². The molecule has 2 aromatic rings. The first kappa shape index (κ1) is 20.5. The van der Waals surface area contributed by atoms with Crippen molar-refractivity contribution in [3.8, 4) is 0 Å². The molecule has 0 aliphatic rings. The molecule has 0 aromatic heterocycles. The number of benzene rings is 2. The molecule has 6 nitrogen and oxygen atoms in total. The van der Waals surface area contributed by atoms with Gasteiger partial charge in [-0.15, -0.1) is 0 Å². The van der Waals surface area contributed by atoms with Gasteiger partial charge in [0.05, 0.1) is 12.2 Å². The van der Waals surface area contributed by atoms with E-state index in [1.807, 2.05) is 49.3 Å². The standard InChI is InChI=1S/C21H26N2O4/c1-22(2)19-10-8-16(9-11-19)13-23(3)20(24)15-27-21(25)18-7-5-6-17(12-18)14-26-4/h5-12H,13-15H2,1-4H3. The lowest BCUT2D eigenvalue weighted by molar-refractivity contribution is -0.133. The highest BCUT2D eigenvalue weighted by Gasteiger charge is 2.14. The lowest BCUT2D eigenvalue weighted by Crippen LogP contribution is -2.30. The molecule has 0 unspecified atom stereocenters. The van der Waals surface area contributed by atoms with E-state index in [2.05, 4.69) is 0 Å². The van der Waals surface area contributed by atoms with Gasteiger partial charge in [0.25, 0.3) is 5.91 Å². The summed E-state index contributed by atoms with van der Waals surface area (Å²) in [7, 11) is 7.23. The summed E-state index contributed by atoms with van der Waals surface area (Å²) in [5.41, 5.74) is 3.38. The van der Waals surface area contributed by atoms with Crippen molar-refractivity contribution in [1.29, 1.82) is 0 Å². The van der Waals surface area contributed by atoms with Gasteiger partial charge in [-0.25, -0.2) is 4.79 Å². The molecule has 0 radical (unpaired) electrons. The van der Waals surface area contributed by atoms with Gasteiger partial charge in [-0.1, -0.05) is 24.3 Å². The molecular formula is C21H26N2O4. The van der Waals surface area contributed by atoms with Crippen LogP contribution in [0.2, 0.25) is 0 Å². The van der Waals surface area contributed by atoms with Gasteiger partial charge >= 0.3 is 5.97 Å². The molecule has 0 saturated carbocycles. The first-order valence-electron chi connectivity index (χ1n) is 8.66. The highest BCUT2D eigenvalue weighted by atomic mass is 16.5. The van der Waals surface area contributed by atoms with Gasteiger partial charge in [-0.3, -0.25) is 4.79 Å². The Balaban J connectivity index is 1.87. The van der Waals surface area contributed by atoms with Crippen LogP contribution in [-0.4, -0.2) is 51.6 Å². The molecule has 0 aliphatic carbocycles. The number of carbonyl (C=O) groups is 2. The van der Waals surface area contributed by atoms with Gasteiger partial charge < -0.3 is 19.3 Å². The third-order valence-corrected chi connectivity index (χ3v) is 4.10. The summed E-state index contributed by atoms with van der Waals surface area (Å²) in [4.78, 5) is 28.0. The highest BCUT2D eigenvalue weighted by Crippen LogP contribution is 2.13. The minimum Gasteiger partial charge on any atom is -0.452 e. The number of anilines is 1. The van der Waals surface area contributed by atoms with Crippen LogP contribution in [0.5, 0.6) is 0 Å². The van der Waals surface area contributed by atoms with Crippen molar-refractivity contribution in [2.24, 2.45) is 0 Å². The van der Waals surface area contributed by atoms with E-state index in [-0.39, 0.29) is 12.5 Å². The van der Waals surface area contributed by atoms with E-state index in [9.17, 15) is 9.59 Å². The third kappa shape index (κ3) is 6.11. The zero-order valence-electron chi connectivity index (χ0n) is 16.3. The first-order valence-corrected chi connectivity index (χ1v) is 8.66. The summed E-state index contributed by atoms with van der Waals surface area (Å²) < 4.78 is 10.2. The van der Waals surface area contributed by atoms with Crippen LogP contribution in [0.25, 0.3) is 0 Å². The Morgan fingerprint density at radius 2 is 1.67 bits per heavy atom. The van der Waals surface area contributed by atoms with Gasteiger partial charge in [0.1, 0.15) is 0 Å². The monoisotopic (exact) mass is 370 g/mol. The maximum absolute atomic E-state index is 12.2. The fraction of sp³-hybridized carbons (Fsp3) is 0.333. The topological polar surface area (TPSA) is 59.1 Å². The van der Waals surface area contributed by atoms with Gasteiger partial charge in [-0.2, -0.15) is 0 Å². The van der Waals surface area contributed by atoms with Crippen molar-refractivity contribution in [2.75, 3.05) is 39.8 Å². The van der Waals surface area contributed by atoms with E-state index in [4.69, 9.17) is 9.47 Å². The lowest BCUT2D eigenvalue weighted by Gasteiger charge is -2.18. The van der Waals surface area contributed by atoms with Crippen LogP contribution in [0, 0.1) is 0 Å². The molecule has 0 spiro atoms. The van der Waals surface area contributed by atoms with Crippen LogP contribution in [0.15, 0.2) is 48.5 Å². The quantitative estimate of drug-likeness (QED) is 0.669. The fourth-order valence-electron chi connectivity index (χ4n) is 2.54. The van der Waals surface area contributed by atoms with Gasteiger partial charge in [0.2, 0.25) is 0 Å². The number of nitrogens with zero attached hydrogens (tertiary/aromatic N) is 2. The van der Waals surface area contributed by atoms with Crippen molar-refractivity contribution in [3.63, 3.8) is 0 Å². The number of likely N-dealkylation sites (N-methyl/N-ethyl adjacent to an activating group) is 1. The van der Waals surface area contributed by atoms with Crippen molar-refractivity contribution in [2.45, 2.75) is 13.2 Å². The zero-order chi connectivity index (χ0) is 19.8. The molecule has 0 fully saturated rings. The second-order valence-corrected chi connectivity index (χ2v) is 6.52. The van der Waals surface area contributed by atoms with Crippen LogP contribution in [0.1, 0.15) is 21.5 Å². The molecule has 0 bridgehead atoms. The van der Waals surface area contributed by atoms with Crippen molar-refractivity contribution < 1.29 is 19.1 Å². The molecule has 0 aliphatic heterocycles. The number of methoxy groups -OCH3 is 1. The number of hydrogen-bond acceptors (Lipinski definition) is 5. The van der Waals surface area contributed by atoms with Crippen molar-refractivity contribution >= 4 is 17.6 Å². The Labute approximate surface area is 160 Å². The minimum atomic E-state index is -0.523. The van der Waals surface area contributed by atoms with Crippen molar-refractivity contribution in [3.05, 3.63) is 65.2 Å². The average Bonchev–Trinajstić information content (AvgIpc) is 2.66. The van der Waals surface area contributed by atoms with Crippen molar-refractivity contribution in [1.82, 2.24) is 4.90 Å². The summed E-state index contributed by atoms with van der Waals surface area (Å²) >= 11 is 0. The fourth-order valence-corrected chi connectivity index (χ4v) is 2.54. The van der Waals surface area contributed by atoms with E-state index in [1.165, 1.54) is 0 Å². The SMILES string of the molecule is COCc1cccc(C(=O)OCC(=O)N(C)Cc2ccc(N(C)C)cc2)c1. The average molecular weight is 370 g/mol. The van der Waals surface area contributed by atoms with Crippen LogP contribution in [0.3, 0.4) is 0 Å². The lowest BCUT2D eigenvalue weighted by atomic mass is 10.1. The predicted molar refractivity (Wildman–Crippen MR) is 105 cm³/mol. The summed E-state index contributed by atoms with van der Waals surface area (Å²) in [6.07, 6.45) is 0. The molecular weight excluding hydrogens is 344 g/mol. The van der Waals surface area contributed by atoms with Crippen LogP contribution in [-0.2, 0) is 27.4 Å². The van der Waals surface area contributed by atoms with E-state index in [0.29, 0.717) is 18.7 Å². The second-order valence-electron chi connectivity index (χ2n) is 6.52. The summed E-state index contributed by atoms with van der Waals surface area (Å²) in [5.74, 6) is -0.780. The van der Waals surface area contributed by atoms with Crippen LogP contribution in [0.4, 0.5) is 5.69 Å². The molecule has 144 valence electrons. The second kappa shape index (κ2) is 9.73. The number of ether oxygens (including phenoxy) is 2. The number of carbonyl (C=O) groups excluding carboxylic acids is 2. The normalized spacial score (nSPS) is 10.4. The Morgan fingerprint density at radius 1 is 0.963 bits per heavy atom. The molecule has 1 amide bonds. The third-order valence-electron chi connectivity index (χ3n) is 4.10. The molecule has 0 N–H and O–H groups in total. The molecule has 0 atom stereocenters. The summed E-state index contributed by atoms with van der Waals surface area (Å²) in [5, 5.41) is 0. The first-order chi connectivity index (χ1) is 12.9. The molecule has 2 rings (SSSR count). The minimum absolute atomic E-state index is 0.256. The van der Waals surface area contributed by atoms with Gasteiger partial charge in [0, 0.05) is 40.5 Å². The number of esters is 1. The zero-order valence-corrected chi connectivity index (χ0v) is 16.3. The van der Waals surface area contributed by atoms with Crippen LogP contribution >= 0.6 is 0 Å². The molecule has 2 aromatic carbocycles. The van der Waals surface area contributed by atoms with E-state index in [0.717, 1.165) is 16.8 Å². The number of rotatable bonds is 8. The van der Waals surface area contributed by atoms with E-state index < -0.39 is 5.97 Å². The Bertz CT molecular complexity index is 772. The van der Waals surface area contributed by atoms with Crippen LogP contribution < -0.4 is 4.90 Å². The van der Waals surface area contributed by atoms with E-state index >= 15 is 0 Å². The highest BCUT2D eigenvalue weighted by molar-refractivity contribution is 5.91. The van der Waals surface area contributed by atoms with E-state index in [1.54, 1.807) is 37.3 Å². The van der Waals surface area contributed by atoms with Gasteiger partial charge in [0.15, 0.2) is 6.61 Å². The number of hydrogen-bond donors (Lipinski definition) is 0. The molecule has 27 heavy (non-hydrogen) atoms. The molecule has 0 saturated heterocycles. The Hall–Kier alpha value is -2.86. The maximum Gasteiger partial charge on any atom is 0.338 e. The Morgan fingerprint density at radius 3 is 2.30 bits per heavy atom. The number of amides is 1. The molecule has 6 heteroatoms. The maximum atomic E-state index is 12.2. The molecule has 0 heterocycles. The predicted octanol–water partition coefficient (Wildman–Crippen LogP) is 2.71. The summed E-state index contributed by atoms with van der Waals surface area (Å²) in [6, 6.07) is 14.9. The smallest absolute Gasteiger partial charge is 0.338 e.